The maximum absolute atomic E-state index is 5.66. The molecule has 0 amide bonds. The highest BCUT2D eigenvalue weighted by molar-refractivity contribution is 5.49. The number of hydrogen-bond donors (Lipinski definition) is 2. The Labute approximate surface area is 113 Å². The van der Waals surface area contributed by atoms with Gasteiger partial charge in [-0.2, -0.15) is 0 Å². The largest absolute Gasteiger partial charge is 0.377 e. The lowest BCUT2D eigenvalue weighted by molar-refractivity contribution is 0.0381. The fourth-order valence-electron chi connectivity index (χ4n) is 2.09. The molecule has 1 aliphatic rings. The lowest BCUT2D eigenvalue weighted by atomic mass is 10.2. The molecule has 1 unspecified atom stereocenters. The van der Waals surface area contributed by atoms with Crippen LogP contribution in [0.4, 0.5) is 11.6 Å². The van der Waals surface area contributed by atoms with Gasteiger partial charge in [0, 0.05) is 26.3 Å². The van der Waals surface area contributed by atoms with Crippen molar-refractivity contribution < 1.29 is 9.47 Å². The van der Waals surface area contributed by atoms with Gasteiger partial charge in [0.05, 0.1) is 12.7 Å². The molecule has 7 heteroatoms. The second kappa shape index (κ2) is 6.65. The Bertz CT molecular complexity index is 415. The van der Waals surface area contributed by atoms with E-state index in [9.17, 15) is 0 Å². The molecule has 1 fully saturated rings. The van der Waals surface area contributed by atoms with Gasteiger partial charge >= 0.3 is 0 Å². The van der Waals surface area contributed by atoms with Crippen LogP contribution in [0.15, 0.2) is 6.07 Å². The van der Waals surface area contributed by atoms with E-state index in [0.717, 1.165) is 25.3 Å². The Morgan fingerprint density at radius 3 is 3.11 bits per heavy atom. The Kier molecular flexibility index (Phi) is 4.89. The number of nitrogens with two attached hydrogens (primary N) is 1. The normalized spacial score (nSPS) is 19.5. The number of methoxy groups -OCH3 is 1. The highest BCUT2D eigenvalue weighted by Crippen LogP contribution is 2.19. The van der Waals surface area contributed by atoms with E-state index in [1.807, 2.05) is 6.07 Å². The van der Waals surface area contributed by atoms with Crippen LogP contribution in [0.1, 0.15) is 19.2 Å². The highest BCUT2D eigenvalue weighted by Gasteiger charge is 2.21. The van der Waals surface area contributed by atoms with Crippen molar-refractivity contribution >= 4 is 11.6 Å². The number of anilines is 2. The molecular formula is C12H21N5O2. The Morgan fingerprint density at radius 1 is 1.58 bits per heavy atom. The van der Waals surface area contributed by atoms with Crippen LogP contribution >= 0.6 is 0 Å². The summed E-state index contributed by atoms with van der Waals surface area (Å²) in [7, 11) is 1.62. The summed E-state index contributed by atoms with van der Waals surface area (Å²) in [4.78, 5) is 10.9. The molecule has 1 saturated heterocycles. The molecule has 1 aromatic heterocycles. The number of aromatic nitrogens is 2. The smallest absolute Gasteiger partial charge is 0.158 e. The SMILES string of the molecule is CCC1CN(c2cc(NN)nc(COC)n2)CCO1. The quantitative estimate of drug-likeness (QED) is 0.594. The minimum Gasteiger partial charge on any atom is -0.377 e. The van der Waals surface area contributed by atoms with Gasteiger partial charge in [0.15, 0.2) is 5.82 Å². The number of nitrogen functional groups attached to an aromatic ring is 1. The fraction of sp³-hybridized carbons (Fsp3) is 0.667. The van der Waals surface area contributed by atoms with Crippen LogP contribution in [0.5, 0.6) is 0 Å². The lowest BCUT2D eigenvalue weighted by Gasteiger charge is -2.33. The number of hydrazine groups is 1. The molecular weight excluding hydrogens is 246 g/mol. The summed E-state index contributed by atoms with van der Waals surface area (Å²) in [6, 6.07) is 1.84. The third kappa shape index (κ3) is 3.52. The number of hydrogen-bond acceptors (Lipinski definition) is 7. The van der Waals surface area contributed by atoms with Gasteiger partial charge in [-0.3, -0.25) is 0 Å². The average Bonchev–Trinajstić information content (AvgIpc) is 2.47. The zero-order chi connectivity index (χ0) is 13.7. The maximum Gasteiger partial charge on any atom is 0.158 e. The standard InChI is InChI=1S/C12H21N5O2/c1-3-9-7-17(4-5-19-9)12-6-10(16-13)14-11(15-12)8-18-2/h6,9H,3-5,7-8,13H2,1-2H3,(H,14,15,16). The van der Waals surface area contributed by atoms with Crippen LogP contribution in [-0.2, 0) is 16.1 Å². The molecule has 2 rings (SSSR count). The highest BCUT2D eigenvalue weighted by atomic mass is 16.5. The molecule has 106 valence electrons. The van der Waals surface area contributed by atoms with Gasteiger partial charge < -0.3 is 19.8 Å². The average molecular weight is 267 g/mol. The molecule has 0 saturated carbocycles. The maximum atomic E-state index is 5.66. The Morgan fingerprint density at radius 2 is 2.42 bits per heavy atom. The van der Waals surface area contributed by atoms with E-state index in [4.69, 9.17) is 15.3 Å². The van der Waals surface area contributed by atoms with Crippen LogP contribution < -0.4 is 16.2 Å². The van der Waals surface area contributed by atoms with Gasteiger partial charge in [-0.05, 0) is 6.42 Å². The number of rotatable bonds is 5. The molecule has 0 aromatic carbocycles. The second-order valence-corrected chi connectivity index (χ2v) is 4.45. The predicted molar refractivity (Wildman–Crippen MR) is 72.8 cm³/mol. The number of ether oxygens (including phenoxy) is 2. The summed E-state index contributed by atoms with van der Waals surface area (Å²) in [6.07, 6.45) is 1.25. The number of morpholine rings is 1. The molecule has 1 aliphatic heterocycles. The van der Waals surface area contributed by atoms with E-state index in [1.54, 1.807) is 7.11 Å². The van der Waals surface area contributed by atoms with Crippen molar-refractivity contribution in [2.24, 2.45) is 5.84 Å². The van der Waals surface area contributed by atoms with E-state index in [-0.39, 0.29) is 6.10 Å². The summed E-state index contributed by atoms with van der Waals surface area (Å²) in [5.41, 5.74) is 2.57. The predicted octanol–water partition coefficient (Wildman–Crippen LogP) is 0.524. The Balaban J connectivity index is 2.19. The monoisotopic (exact) mass is 267 g/mol. The van der Waals surface area contributed by atoms with Crippen LogP contribution in [0.25, 0.3) is 0 Å². The van der Waals surface area contributed by atoms with Gasteiger partial charge in [-0.1, -0.05) is 6.92 Å². The van der Waals surface area contributed by atoms with Crippen molar-refractivity contribution in [3.05, 3.63) is 11.9 Å². The summed E-state index contributed by atoms with van der Waals surface area (Å²) in [5.74, 6) is 7.51. The fourth-order valence-corrected chi connectivity index (χ4v) is 2.09. The van der Waals surface area contributed by atoms with E-state index >= 15 is 0 Å². The van der Waals surface area contributed by atoms with Gasteiger partial charge in [0.2, 0.25) is 0 Å². The third-order valence-corrected chi connectivity index (χ3v) is 3.10. The summed E-state index contributed by atoms with van der Waals surface area (Å²) >= 11 is 0. The van der Waals surface area contributed by atoms with Crippen LogP contribution in [0.3, 0.4) is 0 Å². The molecule has 0 spiro atoms. The topological polar surface area (TPSA) is 85.5 Å². The summed E-state index contributed by atoms with van der Waals surface area (Å²) in [6.45, 7) is 4.86. The summed E-state index contributed by atoms with van der Waals surface area (Å²) in [5, 5.41) is 0. The first-order valence-corrected chi connectivity index (χ1v) is 6.46. The number of nitrogens with one attached hydrogen (secondary N) is 1. The first kappa shape index (κ1) is 14.0. The minimum absolute atomic E-state index is 0.254. The van der Waals surface area contributed by atoms with E-state index < -0.39 is 0 Å². The van der Waals surface area contributed by atoms with Crippen molar-refractivity contribution in [3.63, 3.8) is 0 Å². The minimum atomic E-state index is 0.254. The molecule has 1 aromatic rings. The molecule has 2 heterocycles. The second-order valence-electron chi connectivity index (χ2n) is 4.45. The number of nitrogens with zero attached hydrogens (tertiary/aromatic N) is 3. The molecule has 0 bridgehead atoms. The zero-order valence-corrected chi connectivity index (χ0v) is 11.4. The van der Waals surface area contributed by atoms with Gasteiger partial charge in [-0.25, -0.2) is 15.8 Å². The summed E-state index contributed by atoms with van der Waals surface area (Å²) < 4.78 is 10.7. The van der Waals surface area contributed by atoms with E-state index in [2.05, 4.69) is 27.2 Å². The first-order valence-electron chi connectivity index (χ1n) is 6.46. The van der Waals surface area contributed by atoms with Crippen molar-refractivity contribution in [2.75, 3.05) is 37.1 Å². The van der Waals surface area contributed by atoms with Gasteiger partial charge in [0.1, 0.15) is 18.2 Å². The first-order chi connectivity index (χ1) is 9.26. The van der Waals surface area contributed by atoms with Gasteiger partial charge in [-0.15, -0.1) is 0 Å². The molecule has 0 aliphatic carbocycles. The molecule has 1 atom stereocenters. The van der Waals surface area contributed by atoms with Crippen molar-refractivity contribution in [3.8, 4) is 0 Å². The van der Waals surface area contributed by atoms with Gasteiger partial charge in [0.25, 0.3) is 0 Å². The Hall–Kier alpha value is -1.44. The van der Waals surface area contributed by atoms with E-state index in [1.165, 1.54) is 0 Å². The van der Waals surface area contributed by atoms with Crippen LogP contribution in [0.2, 0.25) is 0 Å². The van der Waals surface area contributed by atoms with Crippen molar-refractivity contribution in [2.45, 2.75) is 26.1 Å². The molecule has 3 N–H and O–H groups in total. The molecule has 0 radical (unpaired) electrons. The van der Waals surface area contributed by atoms with E-state index in [0.29, 0.717) is 24.9 Å². The zero-order valence-electron chi connectivity index (χ0n) is 11.4. The lowest BCUT2D eigenvalue weighted by Crippen LogP contribution is -2.42. The van der Waals surface area contributed by atoms with Crippen LogP contribution in [-0.4, -0.2) is 42.9 Å². The van der Waals surface area contributed by atoms with Crippen molar-refractivity contribution in [1.29, 1.82) is 0 Å². The van der Waals surface area contributed by atoms with Crippen molar-refractivity contribution in [1.82, 2.24) is 9.97 Å². The molecule has 7 nitrogen and oxygen atoms in total. The third-order valence-electron chi connectivity index (χ3n) is 3.10. The van der Waals surface area contributed by atoms with Crippen LogP contribution in [0, 0.1) is 0 Å². The molecule has 19 heavy (non-hydrogen) atoms.